The van der Waals surface area contributed by atoms with Crippen molar-refractivity contribution in [2.45, 2.75) is 96.3 Å². The molecular formula is C16H36N2S. The quantitative estimate of drug-likeness (QED) is 0.272. The fourth-order valence-electron chi connectivity index (χ4n) is 2.14. The number of nitrogens with two attached hydrogens (primary N) is 1. The predicted octanol–water partition coefficient (Wildman–Crippen LogP) is 4.88. The number of nitrogens with one attached hydrogen (secondary N) is 1. The molecule has 0 aromatic heterocycles. The van der Waals surface area contributed by atoms with Crippen molar-refractivity contribution in [1.82, 2.24) is 5.43 Å². The Balaban J connectivity index is 3.36. The third-order valence-corrected chi connectivity index (χ3v) is 5.30. The van der Waals surface area contributed by atoms with Crippen molar-refractivity contribution in [3.05, 3.63) is 0 Å². The standard InChI is InChI=1S/C16H36N2S/c1-4-6-7-8-9-10-11-12-13-16(18-17)14-19-15(3)5-2/h15-16,18H,4-14,17H2,1-3H3. The molecule has 2 unspecified atom stereocenters. The van der Waals surface area contributed by atoms with Crippen LogP contribution in [0.3, 0.4) is 0 Å². The number of rotatable bonds is 14. The maximum atomic E-state index is 5.63. The monoisotopic (exact) mass is 288 g/mol. The molecule has 0 heterocycles. The second-order valence-corrected chi connectivity index (χ2v) is 7.15. The molecule has 0 rings (SSSR count). The number of hydrogen-bond acceptors (Lipinski definition) is 3. The summed E-state index contributed by atoms with van der Waals surface area (Å²) in [6.45, 7) is 6.83. The van der Waals surface area contributed by atoms with Crippen LogP contribution in [-0.4, -0.2) is 17.0 Å². The molecule has 0 amide bonds. The van der Waals surface area contributed by atoms with Crippen LogP contribution in [0.5, 0.6) is 0 Å². The van der Waals surface area contributed by atoms with Crippen molar-refractivity contribution in [3.63, 3.8) is 0 Å². The lowest BCUT2D eigenvalue weighted by atomic mass is 10.1. The van der Waals surface area contributed by atoms with Crippen LogP contribution < -0.4 is 11.3 Å². The third kappa shape index (κ3) is 13.0. The van der Waals surface area contributed by atoms with Crippen LogP contribution in [0.1, 0.15) is 85.0 Å². The van der Waals surface area contributed by atoms with Gasteiger partial charge in [-0.1, -0.05) is 72.1 Å². The molecule has 2 atom stereocenters. The molecule has 2 nitrogen and oxygen atoms in total. The zero-order valence-electron chi connectivity index (χ0n) is 13.4. The molecule has 0 aromatic rings. The normalized spacial score (nSPS) is 14.5. The largest absolute Gasteiger partial charge is 0.271 e. The van der Waals surface area contributed by atoms with Gasteiger partial charge in [0.15, 0.2) is 0 Å². The topological polar surface area (TPSA) is 38.0 Å². The summed E-state index contributed by atoms with van der Waals surface area (Å²) < 4.78 is 0. The first-order chi connectivity index (χ1) is 9.24. The summed E-state index contributed by atoms with van der Waals surface area (Å²) in [5, 5.41) is 0.759. The van der Waals surface area contributed by atoms with E-state index in [2.05, 4.69) is 26.2 Å². The molecule has 0 aliphatic carbocycles. The molecule has 3 heteroatoms. The molecule has 0 aromatic carbocycles. The van der Waals surface area contributed by atoms with Crippen LogP contribution in [0.25, 0.3) is 0 Å². The van der Waals surface area contributed by atoms with Gasteiger partial charge in [0.25, 0.3) is 0 Å². The van der Waals surface area contributed by atoms with Gasteiger partial charge in [-0.3, -0.25) is 11.3 Å². The third-order valence-electron chi connectivity index (χ3n) is 3.80. The summed E-state index contributed by atoms with van der Waals surface area (Å²) in [7, 11) is 0. The SMILES string of the molecule is CCCCCCCCCCC(CSC(C)CC)NN. The first kappa shape index (κ1) is 19.3. The minimum absolute atomic E-state index is 0.499. The Hall–Kier alpha value is 0.270. The molecule has 0 bridgehead atoms. The predicted molar refractivity (Wildman–Crippen MR) is 90.5 cm³/mol. The van der Waals surface area contributed by atoms with Crippen LogP contribution in [0.2, 0.25) is 0 Å². The van der Waals surface area contributed by atoms with E-state index in [1.807, 2.05) is 11.8 Å². The Morgan fingerprint density at radius 3 is 2.05 bits per heavy atom. The van der Waals surface area contributed by atoms with Crippen molar-refractivity contribution in [3.8, 4) is 0 Å². The number of hydrazine groups is 1. The van der Waals surface area contributed by atoms with Crippen molar-refractivity contribution >= 4 is 11.8 Å². The van der Waals surface area contributed by atoms with E-state index in [-0.39, 0.29) is 0 Å². The minimum atomic E-state index is 0.499. The Bertz CT molecular complexity index is 176. The van der Waals surface area contributed by atoms with Crippen molar-refractivity contribution < 1.29 is 0 Å². The summed E-state index contributed by atoms with van der Waals surface area (Å²) in [5.74, 6) is 6.79. The highest BCUT2D eigenvalue weighted by Crippen LogP contribution is 2.17. The van der Waals surface area contributed by atoms with Crippen molar-refractivity contribution in [2.75, 3.05) is 5.75 Å². The Morgan fingerprint density at radius 2 is 1.53 bits per heavy atom. The van der Waals surface area contributed by atoms with E-state index in [9.17, 15) is 0 Å². The average Bonchev–Trinajstić information content (AvgIpc) is 2.44. The van der Waals surface area contributed by atoms with E-state index in [0.717, 1.165) is 11.0 Å². The van der Waals surface area contributed by atoms with E-state index >= 15 is 0 Å². The highest BCUT2D eigenvalue weighted by Gasteiger charge is 2.08. The molecule has 19 heavy (non-hydrogen) atoms. The van der Waals surface area contributed by atoms with Crippen LogP contribution in [0.15, 0.2) is 0 Å². The van der Waals surface area contributed by atoms with E-state index in [1.165, 1.54) is 64.2 Å². The van der Waals surface area contributed by atoms with Gasteiger partial charge in [0.2, 0.25) is 0 Å². The first-order valence-electron chi connectivity index (χ1n) is 8.32. The van der Waals surface area contributed by atoms with Gasteiger partial charge in [0.05, 0.1) is 0 Å². The second-order valence-electron chi connectivity index (χ2n) is 5.68. The Labute approximate surface area is 125 Å². The second kappa shape index (κ2) is 14.7. The van der Waals surface area contributed by atoms with Crippen LogP contribution in [0, 0.1) is 0 Å². The maximum absolute atomic E-state index is 5.63. The van der Waals surface area contributed by atoms with E-state index < -0.39 is 0 Å². The number of unbranched alkanes of at least 4 members (excludes halogenated alkanes) is 7. The Kier molecular flexibility index (Phi) is 14.9. The van der Waals surface area contributed by atoms with Crippen LogP contribution in [-0.2, 0) is 0 Å². The Morgan fingerprint density at radius 1 is 0.947 bits per heavy atom. The summed E-state index contributed by atoms with van der Waals surface area (Å²) in [6.07, 6.45) is 13.6. The summed E-state index contributed by atoms with van der Waals surface area (Å²) in [5.41, 5.74) is 2.98. The summed E-state index contributed by atoms with van der Waals surface area (Å²) >= 11 is 2.04. The summed E-state index contributed by atoms with van der Waals surface area (Å²) in [6, 6.07) is 0.499. The minimum Gasteiger partial charge on any atom is -0.271 e. The molecule has 0 fully saturated rings. The van der Waals surface area contributed by atoms with Gasteiger partial charge in [-0.25, -0.2) is 0 Å². The molecule has 116 valence electrons. The molecule has 0 aliphatic heterocycles. The average molecular weight is 289 g/mol. The fourth-order valence-corrected chi connectivity index (χ4v) is 3.20. The first-order valence-corrected chi connectivity index (χ1v) is 9.37. The van der Waals surface area contributed by atoms with Gasteiger partial charge >= 0.3 is 0 Å². The lowest BCUT2D eigenvalue weighted by Gasteiger charge is -2.17. The van der Waals surface area contributed by atoms with Gasteiger partial charge in [0, 0.05) is 17.0 Å². The smallest absolute Gasteiger partial charge is 0.0301 e. The summed E-state index contributed by atoms with van der Waals surface area (Å²) in [4.78, 5) is 0. The highest BCUT2D eigenvalue weighted by molar-refractivity contribution is 7.99. The zero-order valence-corrected chi connectivity index (χ0v) is 14.2. The lowest BCUT2D eigenvalue weighted by molar-refractivity contribution is 0.491. The molecule has 0 aliphatic rings. The van der Waals surface area contributed by atoms with Crippen molar-refractivity contribution in [1.29, 1.82) is 0 Å². The van der Waals surface area contributed by atoms with Gasteiger partial charge in [-0.05, 0) is 12.8 Å². The maximum Gasteiger partial charge on any atom is 0.0301 e. The van der Waals surface area contributed by atoms with E-state index in [4.69, 9.17) is 5.84 Å². The van der Waals surface area contributed by atoms with E-state index in [0.29, 0.717) is 6.04 Å². The highest BCUT2D eigenvalue weighted by atomic mass is 32.2. The van der Waals surface area contributed by atoms with Crippen LogP contribution >= 0.6 is 11.8 Å². The lowest BCUT2D eigenvalue weighted by Crippen LogP contribution is -2.37. The van der Waals surface area contributed by atoms with Gasteiger partial charge in [-0.15, -0.1) is 0 Å². The molecular weight excluding hydrogens is 252 g/mol. The van der Waals surface area contributed by atoms with Gasteiger partial charge < -0.3 is 0 Å². The molecule has 0 spiro atoms. The van der Waals surface area contributed by atoms with E-state index in [1.54, 1.807) is 0 Å². The van der Waals surface area contributed by atoms with Crippen LogP contribution in [0.4, 0.5) is 0 Å². The van der Waals surface area contributed by atoms with Gasteiger partial charge in [0.1, 0.15) is 0 Å². The molecule has 0 saturated carbocycles. The molecule has 0 saturated heterocycles. The molecule has 0 radical (unpaired) electrons. The zero-order chi connectivity index (χ0) is 14.3. The van der Waals surface area contributed by atoms with Gasteiger partial charge in [-0.2, -0.15) is 11.8 Å². The molecule has 3 N–H and O–H groups in total. The number of thioether (sulfide) groups is 1. The van der Waals surface area contributed by atoms with Crippen molar-refractivity contribution in [2.24, 2.45) is 5.84 Å². The number of hydrogen-bond donors (Lipinski definition) is 2. The fraction of sp³-hybridized carbons (Fsp3) is 1.00.